The summed E-state index contributed by atoms with van der Waals surface area (Å²) in [4.78, 5) is 51.5. The second-order valence-electron chi connectivity index (χ2n) is 8.88. The number of hydrogen-bond donors (Lipinski definition) is 2. The van der Waals surface area contributed by atoms with Crippen LogP contribution in [0, 0.1) is 5.92 Å². The molecule has 0 aromatic heterocycles. The molecule has 1 heterocycles. The number of amides is 2. The number of benzene rings is 2. The highest BCUT2D eigenvalue weighted by atomic mass is 16.6. The first kappa shape index (κ1) is 23.5. The van der Waals surface area contributed by atoms with Gasteiger partial charge in [0.1, 0.15) is 24.5 Å². The zero-order valence-electron chi connectivity index (χ0n) is 18.8. The highest BCUT2D eigenvalue weighted by molar-refractivity contribution is 5.90. The van der Waals surface area contributed by atoms with Crippen molar-refractivity contribution in [2.45, 2.75) is 57.3 Å². The van der Waals surface area contributed by atoms with Gasteiger partial charge in [-0.2, -0.15) is 0 Å². The van der Waals surface area contributed by atoms with Gasteiger partial charge in [0.25, 0.3) is 0 Å². The zero-order chi connectivity index (χ0) is 24.1. The highest BCUT2D eigenvalue weighted by Gasteiger charge is 2.39. The van der Waals surface area contributed by atoms with Crippen molar-refractivity contribution in [3.63, 3.8) is 0 Å². The molecule has 4 rings (SSSR count). The van der Waals surface area contributed by atoms with E-state index in [0.29, 0.717) is 19.3 Å². The van der Waals surface area contributed by atoms with Crippen LogP contribution in [0.3, 0.4) is 0 Å². The maximum atomic E-state index is 13.3. The third-order valence-corrected chi connectivity index (χ3v) is 6.55. The SMILES string of the molecule is O=C1CCC[C@@H]([C@H](NC(=O)[C@@H]2Cc3ccccc3CN2C(=O)OCc2ccccc2)C(=O)O)C1. The fourth-order valence-electron chi connectivity index (χ4n) is 4.72. The number of fused-ring (bicyclic) bond motifs is 1. The first-order valence-electron chi connectivity index (χ1n) is 11.5. The van der Waals surface area contributed by atoms with E-state index in [1.165, 1.54) is 4.90 Å². The molecule has 1 fully saturated rings. The van der Waals surface area contributed by atoms with Crippen molar-refractivity contribution >= 4 is 23.8 Å². The number of ketones is 1. The topological polar surface area (TPSA) is 113 Å². The Hall–Kier alpha value is -3.68. The number of ether oxygens (including phenoxy) is 1. The zero-order valence-corrected chi connectivity index (χ0v) is 18.8. The van der Waals surface area contributed by atoms with Crippen LogP contribution in [0.2, 0.25) is 0 Å². The van der Waals surface area contributed by atoms with Crippen molar-refractivity contribution < 1.29 is 29.0 Å². The van der Waals surface area contributed by atoms with Crippen molar-refractivity contribution in [1.29, 1.82) is 0 Å². The average Bonchev–Trinajstić information content (AvgIpc) is 2.85. The lowest BCUT2D eigenvalue weighted by molar-refractivity contribution is -0.145. The summed E-state index contributed by atoms with van der Waals surface area (Å²) in [7, 11) is 0. The molecule has 2 N–H and O–H groups in total. The van der Waals surface area contributed by atoms with Gasteiger partial charge in [0.2, 0.25) is 5.91 Å². The van der Waals surface area contributed by atoms with Gasteiger partial charge < -0.3 is 15.2 Å². The smallest absolute Gasteiger partial charge is 0.411 e. The van der Waals surface area contributed by atoms with Crippen LogP contribution in [0.15, 0.2) is 54.6 Å². The van der Waals surface area contributed by atoms with Crippen LogP contribution in [0.5, 0.6) is 0 Å². The van der Waals surface area contributed by atoms with Gasteiger partial charge in [-0.05, 0) is 35.4 Å². The summed E-state index contributed by atoms with van der Waals surface area (Å²) in [6.45, 7) is 0.246. The maximum Gasteiger partial charge on any atom is 0.411 e. The average molecular weight is 465 g/mol. The van der Waals surface area contributed by atoms with Gasteiger partial charge in [-0.3, -0.25) is 14.5 Å². The third kappa shape index (κ3) is 5.44. The maximum absolute atomic E-state index is 13.3. The van der Waals surface area contributed by atoms with Gasteiger partial charge in [-0.25, -0.2) is 9.59 Å². The van der Waals surface area contributed by atoms with Crippen molar-refractivity contribution in [3.05, 3.63) is 71.3 Å². The first-order chi connectivity index (χ1) is 16.4. The lowest BCUT2D eigenvalue weighted by Crippen LogP contribution is -2.57. The van der Waals surface area contributed by atoms with Crippen molar-refractivity contribution in [2.24, 2.45) is 5.92 Å². The minimum Gasteiger partial charge on any atom is -0.480 e. The quantitative estimate of drug-likeness (QED) is 0.679. The molecule has 0 saturated heterocycles. The fourth-order valence-corrected chi connectivity index (χ4v) is 4.72. The van der Waals surface area contributed by atoms with E-state index < -0.39 is 36.0 Å². The predicted octanol–water partition coefficient (Wildman–Crippen LogP) is 3.08. The Kier molecular flexibility index (Phi) is 7.25. The van der Waals surface area contributed by atoms with E-state index in [0.717, 1.165) is 16.7 Å². The standard InChI is InChI=1S/C26H28N2O6/c29-21-12-6-11-19(13-21)23(25(31)32)27-24(30)22-14-18-9-4-5-10-20(18)15-28(22)26(33)34-16-17-7-2-1-3-8-17/h1-5,7-10,19,22-23H,6,11-16H2,(H,27,30)(H,31,32)/t19-,22+,23+/m1/s1. The molecule has 8 heteroatoms. The molecule has 2 aliphatic rings. The molecule has 1 aliphatic carbocycles. The molecule has 2 aromatic carbocycles. The second kappa shape index (κ2) is 10.5. The van der Waals surface area contributed by atoms with Gasteiger partial charge in [0.05, 0.1) is 6.54 Å². The number of carbonyl (C=O) groups is 4. The molecule has 34 heavy (non-hydrogen) atoms. The summed E-state index contributed by atoms with van der Waals surface area (Å²) >= 11 is 0. The molecule has 1 saturated carbocycles. The predicted molar refractivity (Wildman–Crippen MR) is 123 cm³/mol. The molecule has 1 aliphatic heterocycles. The Morgan fingerprint density at radius 2 is 1.74 bits per heavy atom. The van der Waals surface area contributed by atoms with Crippen LogP contribution in [0.25, 0.3) is 0 Å². The minimum atomic E-state index is -1.18. The summed E-state index contributed by atoms with van der Waals surface area (Å²) in [5.74, 6) is -2.19. The van der Waals surface area contributed by atoms with Gasteiger partial charge >= 0.3 is 12.1 Å². The number of nitrogens with zero attached hydrogens (tertiary/aromatic N) is 1. The number of carbonyl (C=O) groups excluding carboxylic acids is 3. The number of carboxylic acids is 1. The summed E-state index contributed by atoms with van der Waals surface area (Å²) in [6, 6.07) is 14.7. The van der Waals surface area contributed by atoms with Crippen LogP contribution < -0.4 is 5.32 Å². The lowest BCUT2D eigenvalue weighted by Gasteiger charge is -2.36. The Labute approximate surface area is 197 Å². The van der Waals surface area contributed by atoms with Crippen molar-refractivity contribution in [3.8, 4) is 0 Å². The van der Waals surface area contributed by atoms with Crippen molar-refractivity contribution in [1.82, 2.24) is 10.2 Å². The van der Waals surface area contributed by atoms with E-state index >= 15 is 0 Å². The Morgan fingerprint density at radius 3 is 2.44 bits per heavy atom. The van der Waals surface area contributed by atoms with Crippen LogP contribution in [-0.4, -0.2) is 45.8 Å². The molecule has 8 nitrogen and oxygen atoms in total. The van der Waals surface area contributed by atoms with Crippen LogP contribution in [-0.2, 0) is 38.7 Å². The Balaban J connectivity index is 1.52. The van der Waals surface area contributed by atoms with E-state index in [-0.39, 0.29) is 31.8 Å². The van der Waals surface area contributed by atoms with Gasteiger partial charge in [0, 0.05) is 19.3 Å². The first-order valence-corrected chi connectivity index (χ1v) is 11.5. The van der Waals surface area contributed by atoms with E-state index in [4.69, 9.17) is 4.74 Å². The molecule has 0 bridgehead atoms. The van der Waals surface area contributed by atoms with Crippen LogP contribution in [0.1, 0.15) is 42.4 Å². The third-order valence-electron chi connectivity index (χ3n) is 6.55. The molecular weight excluding hydrogens is 436 g/mol. The Bertz CT molecular complexity index is 1070. The largest absolute Gasteiger partial charge is 0.480 e. The van der Waals surface area contributed by atoms with E-state index in [1.54, 1.807) is 0 Å². The number of rotatable bonds is 6. The van der Waals surface area contributed by atoms with E-state index in [1.807, 2.05) is 54.6 Å². The summed E-state index contributed by atoms with van der Waals surface area (Å²) in [6.07, 6.45) is 1.35. The van der Waals surface area contributed by atoms with Crippen LogP contribution in [0.4, 0.5) is 4.79 Å². The number of hydrogen-bond acceptors (Lipinski definition) is 5. The minimum absolute atomic E-state index is 0.00876. The van der Waals surface area contributed by atoms with Crippen LogP contribution >= 0.6 is 0 Å². The molecule has 178 valence electrons. The van der Waals surface area contributed by atoms with E-state index in [2.05, 4.69) is 5.32 Å². The van der Waals surface area contributed by atoms with Gasteiger partial charge in [-0.1, -0.05) is 54.6 Å². The molecule has 2 aromatic rings. The summed E-state index contributed by atoms with van der Waals surface area (Å²) in [5.41, 5.74) is 2.66. The van der Waals surface area contributed by atoms with Gasteiger partial charge in [0.15, 0.2) is 0 Å². The van der Waals surface area contributed by atoms with Gasteiger partial charge in [-0.15, -0.1) is 0 Å². The molecule has 3 atom stereocenters. The molecule has 0 spiro atoms. The molecule has 0 unspecified atom stereocenters. The number of carboxylic acid groups (broad SMARTS) is 1. The molecule has 2 amide bonds. The summed E-state index contributed by atoms with van der Waals surface area (Å²) < 4.78 is 5.49. The second-order valence-corrected chi connectivity index (χ2v) is 8.88. The number of nitrogens with one attached hydrogen (secondary N) is 1. The lowest BCUT2D eigenvalue weighted by atomic mass is 9.83. The van der Waals surface area contributed by atoms with Crippen molar-refractivity contribution in [2.75, 3.05) is 0 Å². The number of aliphatic carboxylic acids is 1. The molecular formula is C26H28N2O6. The summed E-state index contributed by atoms with van der Waals surface area (Å²) in [5, 5.41) is 12.4. The molecule has 0 radical (unpaired) electrons. The fraction of sp³-hybridized carbons (Fsp3) is 0.385. The normalized spacial score (nSPS) is 20.7. The number of Topliss-reactive ketones (excluding diaryl/α,β-unsaturated/α-hetero) is 1. The Morgan fingerprint density at radius 1 is 1.03 bits per heavy atom. The van der Waals surface area contributed by atoms with E-state index in [9.17, 15) is 24.3 Å². The monoisotopic (exact) mass is 464 g/mol. The highest BCUT2D eigenvalue weighted by Crippen LogP contribution is 2.27.